The summed E-state index contributed by atoms with van der Waals surface area (Å²) in [6.45, 7) is 6.18. The number of rotatable bonds is 15. The maximum atomic E-state index is 14.7. The summed E-state index contributed by atoms with van der Waals surface area (Å²) < 4.78 is 48.3. The summed E-state index contributed by atoms with van der Waals surface area (Å²) >= 11 is 5.89. The highest BCUT2D eigenvalue weighted by Gasteiger charge is 2.48. The van der Waals surface area contributed by atoms with Crippen LogP contribution in [-0.4, -0.2) is 121 Å². The number of carbonyl (C=O) groups excluding carboxylic acids is 2. The number of thiocarbonyl (C=S) groups is 1. The minimum absolute atomic E-state index is 0.0389. The summed E-state index contributed by atoms with van der Waals surface area (Å²) in [5, 5.41) is 16.0. The number of piperidine rings is 1. The van der Waals surface area contributed by atoms with Gasteiger partial charge in [0.2, 0.25) is 5.91 Å². The Morgan fingerprint density at radius 1 is 1.17 bits per heavy atom. The number of para-hydroxylation sites is 1. The second-order valence-corrected chi connectivity index (χ2v) is 14.2. The van der Waals surface area contributed by atoms with Crippen LogP contribution in [0.2, 0.25) is 0 Å². The van der Waals surface area contributed by atoms with Crippen LogP contribution < -0.4 is 20.1 Å². The number of halogens is 1. The summed E-state index contributed by atoms with van der Waals surface area (Å²) in [6.07, 6.45) is 2.12. The Morgan fingerprint density at radius 3 is 2.60 bits per heavy atom. The zero-order chi connectivity index (χ0) is 38.7. The van der Waals surface area contributed by atoms with E-state index in [1.54, 1.807) is 59.5 Å². The number of imide groups is 1. The van der Waals surface area contributed by atoms with Crippen molar-refractivity contribution >= 4 is 41.0 Å². The number of benzene rings is 1. The molecule has 0 aliphatic carbocycles. The molecule has 15 nitrogen and oxygen atoms in total. The average Bonchev–Trinajstić information content (AvgIpc) is 3.11. The lowest BCUT2D eigenvalue weighted by Gasteiger charge is -2.43. The number of hydrogen-bond donors (Lipinski definition) is 3. The summed E-state index contributed by atoms with van der Waals surface area (Å²) in [6, 6.07) is 5.45. The Labute approximate surface area is 314 Å². The van der Waals surface area contributed by atoms with Crippen molar-refractivity contribution in [3.63, 3.8) is 0 Å². The fraction of sp³-hybridized carbons (Fsp3) is 0.583. The van der Waals surface area contributed by atoms with Gasteiger partial charge in [-0.1, -0.05) is 18.3 Å². The van der Waals surface area contributed by atoms with E-state index in [1.165, 1.54) is 24.1 Å². The fourth-order valence-electron chi connectivity index (χ4n) is 6.34. The first-order valence-electron chi connectivity index (χ1n) is 17.4. The first-order chi connectivity index (χ1) is 25.3. The maximum absolute atomic E-state index is 14.7. The number of carboxylic acid groups (broad SMARTS) is 1. The van der Waals surface area contributed by atoms with Crippen molar-refractivity contribution < 1.29 is 52.3 Å². The van der Waals surface area contributed by atoms with Gasteiger partial charge in [-0.25, -0.2) is 18.9 Å². The molecule has 2 fully saturated rings. The number of methoxy groups -OCH3 is 3. The lowest BCUT2D eigenvalue weighted by molar-refractivity contribution is -0.138. The second-order valence-electron chi connectivity index (χ2n) is 13.7. The first-order valence-corrected chi connectivity index (χ1v) is 17.8. The predicted octanol–water partition coefficient (Wildman–Crippen LogP) is 4.68. The Kier molecular flexibility index (Phi) is 15.1. The molecule has 2 aromatic rings. The third-order valence-electron chi connectivity index (χ3n) is 8.91. The SMILES string of the molecule is COc1c(F)cccc1NC(=S)C1C(=O)N(C(=O)OC(C)(C)C)CC(CCCC(OC)OC)C1NCc1ccncc1OC[C@@H]1CN(C(=O)O)CCO1. The van der Waals surface area contributed by atoms with Gasteiger partial charge in [-0.2, -0.15) is 0 Å². The molecule has 4 atom stereocenters. The highest BCUT2D eigenvalue weighted by molar-refractivity contribution is 7.80. The first kappa shape index (κ1) is 41.6. The number of pyridine rings is 1. The maximum Gasteiger partial charge on any atom is 0.417 e. The van der Waals surface area contributed by atoms with Crippen LogP contribution in [0.1, 0.15) is 45.6 Å². The van der Waals surface area contributed by atoms with Crippen LogP contribution in [0.25, 0.3) is 0 Å². The highest BCUT2D eigenvalue weighted by Crippen LogP contribution is 2.34. The van der Waals surface area contributed by atoms with Crippen molar-refractivity contribution in [2.75, 3.05) is 59.5 Å². The molecule has 3 amide bonds. The van der Waals surface area contributed by atoms with Crippen LogP contribution in [0.15, 0.2) is 36.7 Å². The zero-order valence-corrected chi connectivity index (χ0v) is 31.8. The van der Waals surface area contributed by atoms with Crippen molar-refractivity contribution in [3.05, 3.63) is 48.0 Å². The number of morpholine rings is 1. The number of ether oxygens (including phenoxy) is 6. The molecule has 2 aliphatic heterocycles. The summed E-state index contributed by atoms with van der Waals surface area (Å²) in [5.41, 5.74) is 0.0471. The number of hydrogen-bond acceptors (Lipinski definition) is 12. The molecule has 4 rings (SSSR count). The molecule has 2 saturated heterocycles. The average molecular weight is 764 g/mol. The number of anilines is 1. The Bertz CT molecular complexity index is 1580. The van der Waals surface area contributed by atoms with Crippen LogP contribution in [-0.2, 0) is 30.3 Å². The largest absolute Gasteiger partial charge is 0.492 e. The number of aromatic nitrogens is 1. The lowest BCUT2D eigenvalue weighted by atomic mass is 9.79. The molecule has 3 N–H and O–H groups in total. The molecule has 0 radical (unpaired) electrons. The van der Waals surface area contributed by atoms with Crippen molar-refractivity contribution in [2.24, 2.45) is 11.8 Å². The van der Waals surface area contributed by atoms with E-state index >= 15 is 0 Å². The van der Waals surface area contributed by atoms with Crippen LogP contribution in [0.4, 0.5) is 19.7 Å². The molecule has 2 aliphatic rings. The van der Waals surface area contributed by atoms with E-state index in [-0.39, 0.29) is 61.7 Å². The van der Waals surface area contributed by atoms with Crippen LogP contribution in [0, 0.1) is 17.7 Å². The van der Waals surface area contributed by atoms with E-state index in [1.807, 2.05) is 0 Å². The van der Waals surface area contributed by atoms with Gasteiger partial charge in [0, 0.05) is 51.7 Å². The summed E-state index contributed by atoms with van der Waals surface area (Å²) in [7, 11) is 4.44. The van der Waals surface area contributed by atoms with Gasteiger partial charge in [0.1, 0.15) is 30.0 Å². The third-order valence-corrected chi connectivity index (χ3v) is 9.27. The molecule has 292 valence electrons. The lowest BCUT2D eigenvalue weighted by Crippen LogP contribution is -2.62. The molecule has 1 aromatic carbocycles. The molecule has 17 heteroatoms. The van der Waals surface area contributed by atoms with Crippen molar-refractivity contribution in [2.45, 2.75) is 70.6 Å². The van der Waals surface area contributed by atoms with Crippen LogP contribution in [0.3, 0.4) is 0 Å². The topological polar surface area (TPSA) is 170 Å². The highest BCUT2D eigenvalue weighted by atomic mass is 32.1. The zero-order valence-electron chi connectivity index (χ0n) is 31.0. The van der Waals surface area contributed by atoms with Gasteiger partial charge in [0.25, 0.3) is 0 Å². The predicted molar refractivity (Wildman–Crippen MR) is 195 cm³/mol. The van der Waals surface area contributed by atoms with Crippen LogP contribution >= 0.6 is 12.2 Å². The molecule has 1 aromatic heterocycles. The molecule has 0 saturated carbocycles. The van der Waals surface area contributed by atoms with Gasteiger partial charge in [-0.05, 0) is 64.2 Å². The molecule has 3 unspecified atom stereocenters. The molecule has 0 bridgehead atoms. The van der Waals surface area contributed by atoms with E-state index in [0.29, 0.717) is 30.6 Å². The number of carbonyl (C=O) groups is 3. The summed E-state index contributed by atoms with van der Waals surface area (Å²) in [5.74, 6) is -2.29. The summed E-state index contributed by atoms with van der Waals surface area (Å²) in [4.78, 5) is 46.0. The molecule has 53 heavy (non-hydrogen) atoms. The van der Waals surface area contributed by atoms with Gasteiger partial charge >= 0.3 is 12.2 Å². The number of nitrogens with zero attached hydrogens (tertiary/aromatic N) is 3. The Morgan fingerprint density at radius 2 is 1.92 bits per heavy atom. The quantitative estimate of drug-likeness (QED) is 0.169. The van der Waals surface area contributed by atoms with E-state index in [0.717, 1.165) is 4.90 Å². The van der Waals surface area contributed by atoms with E-state index in [9.17, 15) is 23.9 Å². The van der Waals surface area contributed by atoms with E-state index < -0.39 is 53.9 Å². The third kappa shape index (κ3) is 11.4. The van der Waals surface area contributed by atoms with Crippen LogP contribution in [0.5, 0.6) is 11.5 Å². The van der Waals surface area contributed by atoms with Crippen molar-refractivity contribution in [1.82, 2.24) is 20.1 Å². The Hall–Kier alpha value is -4.16. The van der Waals surface area contributed by atoms with Crippen molar-refractivity contribution in [3.8, 4) is 11.5 Å². The second kappa shape index (κ2) is 19.3. The smallest absolute Gasteiger partial charge is 0.417 e. The normalized spacial score (nSPS) is 20.6. The molecule has 3 heterocycles. The molecule has 0 spiro atoms. The number of amides is 3. The van der Waals surface area contributed by atoms with E-state index in [4.69, 9.17) is 40.6 Å². The molecular weight excluding hydrogens is 713 g/mol. The standard InChI is InChI=1S/C36H50FN5O10S/c1-36(2,3)52-35(46)42-19-23(9-7-12-28(47-4)48-5)30(29(33(42)43)32(53)40-26-11-8-10-25(37)31(26)49-6)39-17-22-13-14-38-18-27(22)51-21-24-20-41(34(44)45)15-16-50-24/h8,10-11,13-14,18,23-24,28-30,39H,7,9,12,15-17,19-21H2,1-6H3,(H,40,53)(H,44,45)/t23?,24-,29?,30?/m0/s1. The van der Waals surface area contributed by atoms with E-state index in [2.05, 4.69) is 15.6 Å². The van der Waals surface area contributed by atoms with Crippen molar-refractivity contribution in [1.29, 1.82) is 0 Å². The van der Waals surface area contributed by atoms with Gasteiger partial charge in [0.15, 0.2) is 17.9 Å². The minimum atomic E-state index is -1.10. The number of nitrogens with one attached hydrogen (secondary N) is 2. The fourth-order valence-corrected chi connectivity index (χ4v) is 6.69. The minimum Gasteiger partial charge on any atom is -0.492 e. The monoisotopic (exact) mass is 763 g/mol. The molecular formula is C36H50FN5O10S. The van der Waals surface area contributed by atoms with Gasteiger partial charge < -0.3 is 49.1 Å². The van der Waals surface area contributed by atoms with Gasteiger partial charge in [-0.3, -0.25) is 9.78 Å². The number of likely N-dealkylation sites (tertiary alicyclic amines) is 1. The van der Waals surface area contributed by atoms with Gasteiger partial charge in [0.05, 0.1) is 37.1 Å². The van der Waals surface area contributed by atoms with Gasteiger partial charge in [-0.15, -0.1) is 0 Å². The Balaban J connectivity index is 1.65.